The Morgan fingerprint density at radius 3 is 2.50 bits per heavy atom. The molecule has 3 rings (SSSR count). The molecule has 108 valence electrons. The summed E-state index contributed by atoms with van der Waals surface area (Å²) < 4.78 is 0. The molecule has 1 saturated heterocycles. The van der Waals surface area contributed by atoms with Crippen LogP contribution in [0.4, 0.5) is 11.4 Å². The standard InChI is InChI=1S/C16H22N2O2/c17-14-5-6-15(13(7-14)8-16(19)20)18-9-11-3-1-2-4-12(11)10-18/h5-7,11-12H,1-4,8-10,17H2,(H,19,20). The van der Waals surface area contributed by atoms with Crippen molar-refractivity contribution >= 4 is 17.3 Å². The van der Waals surface area contributed by atoms with Crippen LogP contribution in [0.5, 0.6) is 0 Å². The summed E-state index contributed by atoms with van der Waals surface area (Å²) in [5.74, 6) is 0.784. The van der Waals surface area contributed by atoms with Crippen molar-refractivity contribution < 1.29 is 9.90 Å². The number of carboxylic acid groups (broad SMARTS) is 1. The predicted octanol–water partition coefficient (Wildman–Crippen LogP) is 2.52. The second-order valence-electron chi connectivity index (χ2n) is 6.17. The average Bonchev–Trinajstić information content (AvgIpc) is 2.81. The van der Waals surface area contributed by atoms with Gasteiger partial charge in [0.2, 0.25) is 0 Å². The van der Waals surface area contributed by atoms with E-state index in [0.717, 1.165) is 36.2 Å². The fourth-order valence-electron chi connectivity index (χ4n) is 3.82. The van der Waals surface area contributed by atoms with E-state index in [0.29, 0.717) is 5.69 Å². The summed E-state index contributed by atoms with van der Waals surface area (Å²) in [5.41, 5.74) is 8.36. The zero-order chi connectivity index (χ0) is 14.1. The van der Waals surface area contributed by atoms with Gasteiger partial charge in [0.1, 0.15) is 0 Å². The molecule has 0 radical (unpaired) electrons. The molecule has 2 aliphatic rings. The maximum atomic E-state index is 11.0. The number of nitrogen functional groups attached to an aromatic ring is 1. The lowest BCUT2D eigenvalue weighted by Gasteiger charge is -2.22. The van der Waals surface area contributed by atoms with Crippen LogP contribution in [0.3, 0.4) is 0 Å². The molecule has 3 N–H and O–H groups in total. The lowest BCUT2D eigenvalue weighted by Crippen LogP contribution is -2.22. The third kappa shape index (κ3) is 2.60. The van der Waals surface area contributed by atoms with Crippen molar-refractivity contribution in [1.82, 2.24) is 0 Å². The molecular weight excluding hydrogens is 252 g/mol. The van der Waals surface area contributed by atoms with E-state index in [-0.39, 0.29) is 6.42 Å². The van der Waals surface area contributed by atoms with Gasteiger partial charge in [-0.2, -0.15) is 0 Å². The third-order valence-corrected chi connectivity index (χ3v) is 4.76. The van der Waals surface area contributed by atoms with Crippen LogP contribution < -0.4 is 10.6 Å². The molecule has 0 spiro atoms. The first-order valence-electron chi connectivity index (χ1n) is 7.48. The highest BCUT2D eigenvalue weighted by molar-refractivity contribution is 5.75. The van der Waals surface area contributed by atoms with Crippen LogP contribution in [0.2, 0.25) is 0 Å². The highest BCUT2D eigenvalue weighted by atomic mass is 16.4. The minimum absolute atomic E-state index is 0.0478. The van der Waals surface area contributed by atoms with Gasteiger partial charge in [0.25, 0.3) is 0 Å². The van der Waals surface area contributed by atoms with Gasteiger partial charge in [0.05, 0.1) is 6.42 Å². The number of fused-ring (bicyclic) bond motifs is 1. The summed E-state index contributed by atoms with van der Waals surface area (Å²) in [6.45, 7) is 2.14. The van der Waals surface area contributed by atoms with Crippen LogP contribution >= 0.6 is 0 Å². The summed E-state index contributed by atoms with van der Waals surface area (Å²) >= 11 is 0. The lowest BCUT2D eigenvalue weighted by molar-refractivity contribution is -0.136. The molecule has 2 fully saturated rings. The minimum Gasteiger partial charge on any atom is -0.481 e. The van der Waals surface area contributed by atoms with Gasteiger partial charge in [0, 0.05) is 24.5 Å². The van der Waals surface area contributed by atoms with Crippen LogP contribution in [-0.4, -0.2) is 24.2 Å². The predicted molar refractivity (Wildman–Crippen MR) is 79.9 cm³/mol. The second-order valence-corrected chi connectivity index (χ2v) is 6.17. The summed E-state index contributed by atoms with van der Waals surface area (Å²) in [5, 5.41) is 9.07. The Labute approximate surface area is 119 Å². The Kier molecular flexibility index (Phi) is 3.55. The molecule has 1 saturated carbocycles. The first-order chi connectivity index (χ1) is 9.63. The quantitative estimate of drug-likeness (QED) is 0.831. The van der Waals surface area contributed by atoms with Gasteiger partial charge >= 0.3 is 5.97 Å². The SMILES string of the molecule is Nc1ccc(N2CC3CCCCC3C2)c(CC(=O)O)c1. The monoisotopic (exact) mass is 274 g/mol. The smallest absolute Gasteiger partial charge is 0.307 e. The van der Waals surface area contributed by atoms with Crippen LogP contribution in [0.1, 0.15) is 31.2 Å². The normalized spacial score (nSPS) is 25.5. The van der Waals surface area contributed by atoms with E-state index < -0.39 is 5.97 Å². The first-order valence-corrected chi connectivity index (χ1v) is 7.48. The van der Waals surface area contributed by atoms with Gasteiger partial charge in [-0.25, -0.2) is 0 Å². The van der Waals surface area contributed by atoms with Gasteiger partial charge in [0.15, 0.2) is 0 Å². The van der Waals surface area contributed by atoms with E-state index >= 15 is 0 Å². The first kappa shape index (κ1) is 13.3. The zero-order valence-corrected chi connectivity index (χ0v) is 11.7. The Bertz CT molecular complexity index is 501. The molecule has 1 aromatic rings. The van der Waals surface area contributed by atoms with Crippen molar-refractivity contribution in [3.63, 3.8) is 0 Å². The molecular formula is C16H22N2O2. The van der Waals surface area contributed by atoms with E-state index in [1.165, 1.54) is 25.7 Å². The van der Waals surface area contributed by atoms with E-state index in [9.17, 15) is 4.79 Å². The van der Waals surface area contributed by atoms with Crippen LogP contribution in [-0.2, 0) is 11.2 Å². The van der Waals surface area contributed by atoms with Crippen molar-refractivity contribution in [3.8, 4) is 0 Å². The number of hydrogen-bond acceptors (Lipinski definition) is 3. The Balaban J connectivity index is 1.84. The fraction of sp³-hybridized carbons (Fsp3) is 0.562. The molecule has 1 heterocycles. The third-order valence-electron chi connectivity index (χ3n) is 4.76. The second kappa shape index (κ2) is 5.35. The number of carbonyl (C=O) groups is 1. The van der Waals surface area contributed by atoms with Gasteiger partial charge in [-0.05, 0) is 48.4 Å². The number of aliphatic carboxylic acids is 1. The number of rotatable bonds is 3. The molecule has 0 aromatic heterocycles. The van der Waals surface area contributed by atoms with E-state index in [1.54, 1.807) is 0 Å². The van der Waals surface area contributed by atoms with Crippen molar-refractivity contribution in [2.45, 2.75) is 32.1 Å². The number of hydrogen-bond donors (Lipinski definition) is 2. The average molecular weight is 274 g/mol. The van der Waals surface area contributed by atoms with Crippen molar-refractivity contribution in [2.75, 3.05) is 23.7 Å². The largest absolute Gasteiger partial charge is 0.481 e. The molecule has 0 amide bonds. The van der Waals surface area contributed by atoms with Crippen molar-refractivity contribution in [1.29, 1.82) is 0 Å². The number of benzene rings is 1. The molecule has 1 aliphatic heterocycles. The topological polar surface area (TPSA) is 66.6 Å². The molecule has 2 unspecified atom stereocenters. The Morgan fingerprint density at radius 1 is 1.25 bits per heavy atom. The summed E-state index contributed by atoms with van der Waals surface area (Å²) in [7, 11) is 0. The maximum absolute atomic E-state index is 11.0. The van der Waals surface area contributed by atoms with Crippen molar-refractivity contribution in [3.05, 3.63) is 23.8 Å². The number of nitrogens with two attached hydrogens (primary N) is 1. The molecule has 0 bridgehead atoms. The molecule has 1 aromatic carbocycles. The van der Waals surface area contributed by atoms with Crippen LogP contribution in [0.15, 0.2) is 18.2 Å². The molecule has 2 atom stereocenters. The van der Waals surface area contributed by atoms with E-state index in [4.69, 9.17) is 10.8 Å². The highest BCUT2D eigenvalue weighted by Gasteiger charge is 2.35. The van der Waals surface area contributed by atoms with Gasteiger partial charge in [-0.3, -0.25) is 4.79 Å². The van der Waals surface area contributed by atoms with Crippen LogP contribution in [0.25, 0.3) is 0 Å². The molecule has 20 heavy (non-hydrogen) atoms. The van der Waals surface area contributed by atoms with Gasteiger partial charge < -0.3 is 15.7 Å². The number of anilines is 2. The summed E-state index contributed by atoms with van der Waals surface area (Å²) in [6.07, 6.45) is 5.39. The molecule has 1 aliphatic carbocycles. The lowest BCUT2D eigenvalue weighted by atomic mass is 9.82. The maximum Gasteiger partial charge on any atom is 0.307 e. The van der Waals surface area contributed by atoms with Crippen LogP contribution in [0, 0.1) is 11.8 Å². The molecule has 4 nitrogen and oxygen atoms in total. The Morgan fingerprint density at radius 2 is 1.90 bits per heavy atom. The minimum atomic E-state index is -0.798. The summed E-state index contributed by atoms with van der Waals surface area (Å²) in [6, 6.07) is 5.68. The van der Waals surface area contributed by atoms with Gasteiger partial charge in [-0.1, -0.05) is 12.8 Å². The van der Waals surface area contributed by atoms with Gasteiger partial charge in [-0.15, -0.1) is 0 Å². The van der Waals surface area contributed by atoms with E-state index in [1.807, 2.05) is 18.2 Å². The number of carboxylic acids is 1. The number of nitrogens with zero attached hydrogens (tertiary/aromatic N) is 1. The van der Waals surface area contributed by atoms with E-state index in [2.05, 4.69) is 4.90 Å². The Hall–Kier alpha value is -1.71. The summed E-state index contributed by atoms with van der Waals surface area (Å²) in [4.78, 5) is 13.4. The highest BCUT2D eigenvalue weighted by Crippen LogP contribution is 2.39. The fourth-order valence-corrected chi connectivity index (χ4v) is 3.82. The van der Waals surface area contributed by atoms with Crippen molar-refractivity contribution in [2.24, 2.45) is 11.8 Å². The zero-order valence-electron chi connectivity index (χ0n) is 11.7. The molecule has 4 heteroatoms.